The van der Waals surface area contributed by atoms with Crippen molar-refractivity contribution in [3.05, 3.63) is 41.5 Å². The van der Waals surface area contributed by atoms with Crippen LogP contribution in [0.2, 0.25) is 0 Å². The average molecular weight is 275 g/mol. The highest BCUT2D eigenvalue weighted by Crippen LogP contribution is 2.16. The molecule has 104 valence electrons. The van der Waals surface area contributed by atoms with E-state index in [2.05, 4.69) is 25.8 Å². The molecule has 4 N–H and O–H groups in total. The first kappa shape index (κ1) is 13.5. The molecule has 0 saturated heterocycles. The lowest BCUT2D eigenvalue weighted by Crippen LogP contribution is -2.29. The number of carboxylic acid groups (broad SMARTS) is 1. The van der Waals surface area contributed by atoms with E-state index in [-0.39, 0.29) is 17.9 Å². The largest absolute Gasteiger partial charge is 0.477 e. The van der Waals surface area contributed by atoms with Gasteiger partial charge < -0.3 is 20.7 Å². The highest BCUT2D eigenvalue weighted by molar-refractivity contribution is 5.99. The van der Waals surface area contributed by atoms with E-state index in [4.69, 9.17) is 5.11 Å². The minimum Gasteiger partial charge on any atom is -0.477 e. The van der Waals surface area contributed by atoms with Crippen molar-refractivity contribution in [2.45, 2.75) is 13.5 Å². The fourth-order valence-corrected chi connectivity index (χ4v) is 1.62. The van der Waals surface area contributed by atoms with Crippen molar-refractivity contribution >= 4 is 17.7 Å². The Hall–Kier alpha value is -2.90. The molecule has 0 aliphatic rings. The maximum absolute atomic E-state index is 11.7. The van der Waals surface area contributed by atoms with Crippen LogP contribution in [0.1, 0.15) is 21.9 Å². The number of aromatic nitrogens is 3. The van der Waals surface area contributed by atoms with Gasteiger partial charge in [0.25, 0.3) is 0 Å². The zero-order valence-electron chi connectivity index (χ0n) is 10.7. The summed E-state index contributed by atoms with van der Waals surface area (Å²) in [6.07, 6.45) is 1.53. The lowest BCUT2D eigenvalue weighted by atomic mass is 10.3. The van der Waals surface area contributed by atoms with Crippen molar-refractivity contribution < 1.29 is 14.7 Å². The second kappa shape index (κ2) is 5.83. The number of amides is 2. The average Bonchev–Trinajstić information content (AvgIpc) is 2.79. The molecule has 0 fully saturated rings. The number of hydrogen-bond acceptors (Lipinski definition) is 4. The second-order valence-corrected chi connectivity index (χ2v) is 4.07. The number of hydrogen-bond donors (Lipinski definition) is 4. The van der Waals surface area contributed by atoms with Gasteiger partial charge in [-0.15, -0.1) is 0 Å². The summed E-state index contributed by atoms with van der Waals surface area (Å²) in [5.74, 6) is -1.14. The normalized spacial score (nSPS) is 10.1. The Morgan fingerprint density at radius 1 is 1.45 bits per heavy atom. The van der Waals surface area contributed by atoms with Crippen LogP contribution < -0.4 is 10.6 Å². The molecular weight excluding hydrogens is 262 g/mol. The molecule has 2 heterocycles. The number of urea groups is 1. The summed E-state index contributed by atoms with van der Waals surface area (Å²) in [6.45, 7) is 1.90. The molecule has 0 radical (unpaired) electrons. The summed E-state index contributed by atoms with van der Waals surface area (Å²) in [5.41, 5.74) is 1.40. The topological polar surface area (TPSA) is 120 Å². The van der Waals surface area contributed by atoms with Gasteiger partial charge in [-0.3, -0.25) is 0 Å². The Morgan fingerprint density at radius 3 is 2.90 bits per heavy atom. The fourth-order valence-electron chi connectivity index (χ4n) is 1.62. The Morgan fingerprint density at radius 2 is 2.25 bits per heavy atom. The molecule has 0 aromatic carbocycles. The third kappa shape index (κ3) is 3.31. The molecule has 2 aromatic heterocycles. The molecule has 20 heavy (non-hydrogen) atoms. The molecular formula is C12H13N5O3. The van der Waals surface area contributed by atoms with Crippen LogP contribution in [0.5, 0.6) is 0 Å². The van der Waals surface area contributed by atoms with Crippen molar-refractivity contribution in [2.75, 3.05) is 5.32 Å². The fraction of sp³-hybridized carbons (Fsp3) is 0.167. The van der Waals surface area contributed by atoms with Gasteiger partial charge in [0.2, 0.25) is 0 Å². The number of H-pyrrole nitrogens is 1. The number of anilines is 1. The summed E-state index contributed by atoms with van der Waals surface area (Å²) < 4.78 is 0. The number of rotatable bonds is 4. The van der Waals surface area contributed by atoms with Crippen molar-refractivity contribution in [1.29, 1.82) is 0 Å². The predicted octanol–water partition coefficient (Wildman–Crippen LogP) is 1.13. The molecule has 0 aliphatic heterocycles. The van der Waals surface area contributed by atoms with Gasteiger partial charge in [-0.2, -0.15) is 10.2 Å². The zero-order chi connectivity index (χ0) is 14.5. The van der Waals surface area contributed by atoms with Crippen molar-refractivity contribution in [2.24, 2.45) is 0 Å². The van der Waals surface area contributed by atoms with Crippen LogP contribution in [-0.2, 0) is 6.54 Å². The van der Waals surface area contributed by atoms with E-state index in [0.717, 1.165) is 0 Å². The summed E-state index contributed by atoms with van der Waals surface area (Å²) in [4.78, 5) is 25.3. The maximum atomic E-state index is 11.7. The van der Waals surface area contributed by atoms with Crippen LogP contribution in [0, 0.1) is 6.92 Å². The van der Waals surface area contributed by atoms with Gasteiger partial charge in [0.1, 0.15) is 5.69 Å². The Kier molecular flexibility index (Phi) is 3.94. The van der Waals surface area contributed by atoms with E-state index in [1.165, 1.54) is 6.20 Å². The van der Waals surface area contributed by atoms with Gasteiger partial charge in [0.05, 0.1) is 17.9 Å². The summed E-state index contributed by atoms with van der Waals surface area (Å²) in [7, 11) is 0. The Labute approximate surface area is 114 Å². The number of carbonyl (C=O) groups is 2. The molecule has 0 unspecified atom stereocenters. The molecule has 8 heteroatoms. The molecule has 0 bridgehead atoms. The Bertz CT molecular complexity index is 623. The third-order valence-corrected chi connectivity index (χ3v) is 2.47. The SMILES string of the molecule is Cc1cc(NC(=O)NCc2cccnn2)c(C(=O)O)[nH]1. The van der Waals surface area contributed by atoms with Crippen molar-refractivity contribution in [3.63, 3.8) is 0 Å². The molecule has 2 rings (SSSR count). The first-order valence-corrected chi connectivity index (χ1v) is 5.80. The van der Waals surface area contributed by atoms with Gasteiger partial charge in [-0.1, -0.05) is 0 Å². The first-order chi connectivity index (χ1) is 9.56. The third-order valence-electron chi connectivity index (χ3n) is 2.47. The molecule has 0 spiro atoms. The van der Waals surface area contributed by atoms with Crippen LogP contribution in [0.3, 0.4) is 0 Å². The van der Waals surface area contributed by atoms with E-state index in [1.54, 1.807) is 25.1 Å². The van der Waals surface area contributed by atoms with Crippen molar-refractivity contribution in [3.8, 4) is 0 Å². The molecule has 2 aromatic rings. The number of carbonyl (C=O) groups excluding carboxylic acids is 1. The highest BCUT2D eigenvalue weighted by atomic mass is 16.4. The van der Waals surface area contributed by atoms with Gasteiger partial charge in [0, 0.05) is 11.9 Å². The maximum Gasteiger partial charge on any atom is 0.354 e. The molecule has 0 aliphatic carbocycles. The standard InChI is InChI=1S/C12H13N5O3/c1-7-5-9(10(15-7)11(18)19)16-12(20)13-6-8-3-2-4-14-17-8/h2-5,15H,6H2,1H3,(H,18,19)(H2,13,16,20). The van der Waals surface area contributed by atoms with Crippen LogP contribution >= 0.6 is 0 Å². The molecule has 8 nitrogen and oxygen atoms in total. The van der Waals surface area contributed by atoms with Crippen LogP contribution in [0.25, 0.3) is 0 Å². The van der Waals surface area contributed by atoms with Gasteiger partial charge in [-0.05, 0) is 25.1 Å². The quantitative estimate of drug-likeness (QED) is 0.666. The zero-order valence-corrected chi connectivity index (χ0v) is 10.7. The smallest absolute Gasteiger partial charge is 0.354 e. The second-order valence-electron chi connectivity index (χ2n) is 4.07. The molecule has 2 amide bonds. The van der Waals surface area contributed by atoms with Crippen LogP contribution in [0.4, 0.5) is 10.5 Å². The van der Waals surface area contributed by atoms with E-state index < -0.39 is 12.0 Å². The highest BCUT2D eigenvalue weighted by Gasteiger charge is 2.15. The number of carboxylic acids is 1. The predicted molar refractivity (Wildman–Crippen MR) is 70.4 cm³/mol. The monoisotopic (exact) mass is 275 g/mol. The number of aromatic amines is 1. The van der Waals surface area contributed by atoms with E-state index in [0.29, 0.717) is 11.4 Å². The minimum atomic E-state index is -1.14. The number of aryl methyl sites for hydroxylation is 1. The van der Waals surface area contributed by atoms with E-state index >= 15 is 0 Å². The van der Waals surface area contributed by atoms with E-state index in [1.807, 2.05) is 0 Å². The summed E-state index contributed by atoms with van der Waals surface area (Å²) in [6, 6.07) is 4.46. The van der Waals surface area contributed by atoms with Gasteiger partial charge in [0.15, 0.2) is 0 Å². The summed E-state index contributed by atoms with van der Waals surface area (Å²) >= 11 is 0. The summed E-state index contributed by atoms with van der Waals surface area (Å²) in [5, 5.41) is 21.5. The van der Waals surface area contributed by atoms with Crippen molar-refractivity contribution in [1.82, 2.24) is 20.5 Å². The minimum absolute atomic E-state index is 0.0582. The molecule has 0 atom stereocenters. The first-order valence-electron chi connectivity index (χ1n) is 5.80. The van der Waals surface area contributed by atoms with Gasteiger partial charge in [-0.25, -0.2) is 9.59 Å². The Balaban J connectivity index is 1.96. The lowest BCUT2D eigenvalue weighted by Gasteiger charge is -2.06. The van der Waals surface area contributed by atoms with Crippen LogP contribution in [0.15, 0.2) is 24.4 Å². The van der Waals surface area contributed by atoms with Crippen LogP contribution in [-0.4, -0.2) is 32.3 Å². The lowest BCUT2D eigenvalue weighted by molar-refractivity contribution is 0.0692. The van der Waals surface area contributed by atoms with Gasteiger partial charge >= 0.3 is 12.0 Å². The molecule has 0 saturated carbocycles. The number of aromatic carboxylic acids is 1. The van der Waals surface area contributed by atoms with E-state index in [9.17, 15) is 9.59 Å². The number of nitrogens with zero attached hydrogens (tertiary/aromatic N) is 2. The number of nitrogens with one attached hydrogen (secondary N) is 3.